The van der Waals surface area contributed by atoms with Gasteiger partial charge in [-0.05, 0) is 52.2 Å². The van der Waals surface area contributed by atoms with Crippen LogP contribution in [0, 0.1) is 0 Å². The smallest absolute Gasteiger partial charge is 0.356 e. The predicted octanol–water partition coefficient (Wildman–Crippen LogP) is 6.04. The summed E-state index contributed by atoms with van der Waals surface area (Å²) in [5.41, 5.74) is 5.22. The van der Waals surface area contributed by atoms with E-state index in [9.17, 15) is 19.0 Å². The van der Waals surface area contributed by atoms with E-state index in [4.69, 9.17) is 9.05 Å². The first-order valence-corrected chi connectivity index (χ1v) is 16.4. The third kappa shape index (κ3) is 8.60. The minimum Gasteiger partial charge on any atom is -0.356 e. The molecule has 1 unspecified atom stereocenters. The second-order valence-corrected chi connectivity index (χ2v) is 12.6. The molecule has 1 aliphatic rings. The molecular formula is C31H42N5O6P. The highest BCUT2D eigenvalue weighted by Gasteiger charge is 2.29. The molecule has 3 aromatic rings. The zero-order chi connectivity index (χ0) is 31.0. The molecule has 1 aliphatic heterocycles. The van der Waals surface area contributed by atoms with Gasteiger partial charge < -0.3 is 15.1 Å². The maximum Gasteiger partial charge on any atom is 0.472 e. The Bertz CT molecular complexity index is 1460. The minimum absolute atomic E-state index is 0.0700. The average molecular weight is 612 g/mol. The molecule has 11 nitrogen and oxygen atoms in total. The van der Waals surface area contributed by atoms with Gasteiger partial charge in [-0.25, -0.2) is 9.25 Å². The first-order valence-electron chi connectivity index (χ1n) is 14.9. The average Bonchev–Trinajstić information content (AvgIpc) is 3.39. The Morgan fingerprint density at radius 3 is 2.42 bits per heavy atom. The monoisotopic (exact) mass is 611 g/mol. The number of carbonyl (C=O) groups is 2. The van der Waals surface area contributed by atoms with Gasteiger partial charge in [0.05, 0.1) is 30.6 Å². The Labute approximate surface area is 253 Å². The minimum atomic E-state index is -4.00. The van der Waals surface area contributed by atoms with Gasteiger partial charge in [0.25, 0.3) is 0 Å². The number of anilines is 1. The lowest BCUT2D eigenvalue weighted by molar-refractivity contribution is -0.125. The Morgan fingerprint density at radius 1 is 0.977 bits per heavy atom. The number of amides is 2. The van der Waals surface area contributed by atoms with E-state index in [1.54, 1.807) is 18.7 Å². The van der Waals surface area contributed by atoms with Crippen LogP contribution in [0.5, 0.6) is 0 Å². The zero-order valence-electron chi connectivity index (χ0n) is 25.4. The van der Waals surface area contributed by atoms with Crippen LogP contribution in [0.1, 0.15) is 77.8 Å². The van der Waals surface area contributed by atoms with E-state index in [0.717, 1.165) is 53.0 Å². The number of hydrogen-bond donors (Lipinski definition) is 2. The lowest BCUT2D eigenvalue weighted by Crippen LogP contribution is -2.33. The molecule has 0 saturated carbocycles. The molecule has 2 N–H and O–H groups in total. The van der Waals surface area contributed by atoms with E-state index in [1.165, 1.54) is 0 Å². The molecule has 0 fully saturated rings. The Morgan fingerprint density at radius 2 is 1.67 bits per heavy atom. The molecule has 4 rings (SSSR count). The standard InChI is InChI=1S/C31H42N5O6P/c1-22(2)36-31-26-15-9-10-16-27(26)35(21-24-13-7-8-14-25(24)30(31)33-34-36)29(38)18-17-28(37)32-19-11-5-6-12-20-41-43(39,40)42-23(3)4/h7-10,13-16,22-23H,5-6,11-12,17-21H2,1-4H3,(H,32,37)(H,39,40). The van der Waals surface area contributed by atoms with Crippen molar-refractivity contribution in [2.24, 2.45) is 0 Å². The van der Waals surface area contributed by atoms with Crippen LogP contribution in [0.15, 0.2) is 48.5 Å². The molecular weight excluding hydrogens is 569 g/mol. The van der Waals surface area contributed by atoms with Crippen molar-refractivity contribution in [3.05, 3.63) is 54.1 Å². The maximum absolute atomic E-state index is 13.7. The van der Waals surface area contributed by atoms with Crippen LogP contribution in [-0.2, 0) is 29.7 Å². The molecule has 0 aliphatic carbocycles. The van der Waals surface area contributed by atoms with Gasteiger partial charge in [-0.3, -0.25) is 18.6 Å². The van der Waals surface area contributed by atoms with Crippen molar-refractivity contribution in [1.82, 2.24) is 20.3 Å². The zero-order valence-corrected chi connectivity index (χ0v) is 26.3. The highest BCUT2D eigenvalue weighted by molar-refractivity contribution is 7.47. The topological polar surface area (TPSA) is 136 Å². The van der Waals surface area contributed by atoms with E-state index in [1.807, 2.05) is 53.2 Å². The molecule has 2 heterocycles. The van der Waals surface area contributed by atoms with Gasteiger partial charge in [0.2, 0.25) is 11.8 Å². The summed E-state index contributed by atoms with van der Waals surface area (Å²) in [7, 11) is -4.00. The van der Waals surface area contributed by atoms with Gasteiger partial charge in [-0.1, -0.05) is 60.5 Å². The number of carbonyl (C=O) groups excluding carboxylic acids is 2. The number of nitrogens with zero attached hydrogens (tertiary/aromatic N) is 4. The summed E-state index contributed by atoms with van der Waals surface area (Å²) < 4.78 is 23.4. The molecule has 1 atom stereocenters. The van der Waals surface area contributed by atoms with Crippen LogP contribution in [0.25, 0.3) is 22.5 Å². The fourth-order valence-corrected chi connectivity index (χ4v) is 6.05. The van der Waals surface area contributed by atoms with Gasteiger partial charge in [0.1, 0.15) is 5.69 Å². The van der Waals surface area contributed by atoms with E-state index in [0.29, 0.717) is 19.5 Å². The number of phosphoric ester groups is 1. The van der Waals surface area contributed by atoms with Crippen LogP contribution < -0.4 is 10.2 Å². The number of aromatic nitrogens is 3. The molecule has 0 bridgehead atoms. The largest absolute Gasteiger partial charge is 0.472 e. The Hall–Kier alpha value is -3.37. The fourth-order valence-electron chi connectivity index (χ4n) is 5.09. The van der Waals surface area contributed by atoms with Crippen molar-refractivity contribution < 1.29 is 28.1 Å². The quantitative estimate of drug-likeness (QED) is 0.166. The van der Waals surface area contributed by atoms with Crippen LogP contribution in [0.4, 0.5) is 5.69 Å². The van der Waals surface area contributed by atoms with Crippen LogP contribution >= 0.6 is 7.82 Å². The van der Waals surface area contributed by atoms with E-state index < -0.39 is 13.9 Å². The normalized spacial score (nSPS) is 14.0. The van der Waals surface area contributed by atoms with Gasteiger partial charge in [-0.15, -0.1) is 5.10 Å². The SMILES string of the molecule is CC(C)OP(=O)(O)OCCCCCCNC(=O)CCC(=O)N1Cc2ccccc2-c2nnn(C(C)C)c2-c2ccccc21. The maximum atomic E-state index is 13.7. The van der Waals surface area contributed by atoms with Gasteiger partial charge in [0, 0.05) is 36.6 Å². The van der Waals surface area contributed by atoms with Crippen LogP contribution in [-0.4, -0.2) is 51.0 Å². The molecule has 0 radical (unpaired) electrons. The van der Waals surface area contributed by atoms with Crippen LogP contribution in [0.3, 0.4) is 0 Å². The highest BCUT2D eigenvalue weighted by atomic mass is 31.2. The number of rotatable bonds is 14. The molecule has 2 aromatic carbocycles. The van der Waals surface area contributed by atoms with E-state index in [-0.39, 0.29) is 37.3 Å². The fraction of sp³-hybridized carbons (Fsp3) is 0.484. The first kappa shape index (κ1) is 32.5. The summed E-state index contributed by atoms with van der Waals surface area (Å²) in [5.74, 6) is -0.305. The Balaban J connectivity index is 1.32. The lowest BCUT2D eigenvalue weighted by Gasteiger charge is -2.29. The number of hydrogen-bond acceptors (Lipinski definition) is 7. The molecule has 0 spiro atoms. The summed E-state index contributed by atoms with van der Waals surface area (Å²) in [6.45, 7) is 8.44. The Kier molecular flexibility index (Phi) is 11.3. The third-order valence-electron chi connectivity index (χ3n) is 7.09. The number of fused-ring (bicyclic) bond motifs is 5. The molecule has 232 valence electrons. The first-order chi connectivity index (χ1) is 20.6. The molecule has 2 amide bonds. The second kappa shape index (κ2) is 14.9. The van der Waals surface area contributed by atoms with Gasteiger partial charge >= 0.3 is 7.82 Å². The summed E-state index contributed by atoms with van der Waals surface area (Å²) in [6, 6.07) is 15.8. The molecule has 43 heavy (non-hydrogen) atoms. The molecule has 1 aromatic heterocycles. The van der Waals surface area contributed by atoms with E-state index >= 15 is 0 Å². The van der Waals surface area contributed by atoms with Gasteiger partial charge in [0.15, 0.2) is 0 Å². The van der Waals surface area contributed by atoms with E-state index in [2.05, 4.69) is 29.5 Å². The number of phosphoric acid groups is 1. The van der Waals surface area contributed by atoms with Crippen LogP contribution in [0.2, 0.25) is 0 Å². The van der Waals surface area contributed by atoms with Crippen molar-refractivity contribution in [2.75, 3.05) is 18.1 Å². The highest BCUT2D eigenvalue weighted by Crippen LogP contribution is 2.44. The van der Waals surface area contributed by atoms with Crippen molar-refractivity contribution in [2.45, 2.75) is 84.9 Å². The van der Waals surface area contributed by atoms with Gasteiger partial charge in [-0.2, -0.15) is 0 Å². The van der Waals surface area contributed by atoms with Crippen molar-refractivity contribution in [1.29, 1.82) is 0 Å². The lowest BCUT2D eigenvalue weighted by atomic mass is 9.95. The number of para-hydroxylation sites is 1. The summed E-state index contributed by atoms with van der Waals surface area (Å²) in [4.78, 5) is 37.6. The van der Waals surface area contributed by atoms with Crippen molar-refractivity contribution in [3.8, 4) is 22.5 Å². The van der Waals surface area contributed by atoms with Crippen molar-refractivity contribution in [3.63, 3.8) is 0 Å². The summed E-state index contributed by atoms with van der Waals surface area (Å²) in [5, 5.41) is 11.9. The predicted molar refractivity (Wildman–Crippen MR) is 165 cm³/mol. The van der Waals surface area contributed by atoms with Crippen molar-refractivity contribution >= 4 is 25.3 Å². The summed E-state index contributed by atoms with van der Waals surface area (Å²) in [6.07, 6.45) is 2.77. The number of benzene rings is 2. The molecule has 12 heteroatoms. The number of unbranched alkanes of at least 4 members (excludes halogenated alkanes) is 3. The third-order valence-corrected chi connectivity index (χ3v) is 8.29. The second-order valence-electron chi connectivity index (χ2n) is 11.2. The summed E-state index contributed by atoms with van der Waals surface area (Å²) >= 11 is 0. The number of nitrogens with one attached hydrogen (secondary N) is 1. The molecule has 0 saturated heterocycles.